The third-order valence-corrected chi connectivity index (χ3v) is 7.49. The Morgan fingerprint density at radius 3 is 2.36 bits per heavy atom. The number of oxazole rings is 1. The molecule has 5 rings (SSSR count). The van der Waals surface area contributed by atoms with Gasteiger partial charge in [-0.05, 0) is 56.7 Å². The van der Waals surface area contributed by atoms with Gasteiger partial charge in [-0.25, -0.2) is 0 Å². The molecule has 1 fully saturated rings. The maximum Gasteiger partial charge on any atom is 0.416 e. The highest BCUT2D eigenvalue weighted by Crippen LogP contribution is 2.34. The van der Waals surface area contributed by atoms with E-state index in [1.165, 1.54) is 0 Å². The van der Waals surface area contributed by atoms with Crippen molar-refractivity contribution in [3.8, 4) is 11.5 Å². The molecule has 1 aliphatic heterocycles. The molecule has 9 nitrogen and oxygen atoms in total. The number of hydrogen-bond acceptors (Lipinski definition) is 7. The second-order valence-electron chi connectivity index (χ2n) is 10.6. The van der Waals surface area contributed by atoms with Crippen LogP contribution in [0.2, 0.25) is 5.02 Å². The maximum atomic E-state index is 13.7. The van der Waals surface area contributed by atoms with Gasteiger partial charge in [-0.3, -0.25) is 9.59 Å². The van der Waals surface area contributed by atoms with Gasteiger partial charge in [0.1, 0.15) is 12.2 Å². The lowest BCUT2D eigenvalue weighted by molar-refractivity contribution is -0.137. The number of benzene rings is 2. The molecule has 1 amide bonds. The molecule has 3 N–H and O–H groups in total. The second-order valence-corrected chi connectivity index (χ2v) is 11.0. The monoisotopic (exact) mass is 603 g/mol. The summed E-state index contributed by atoms with van der Waals surface area (Å²) in [5.41, 5.74) is -0.116. The summed E-state index contributed by atoms with van der Waals surface area (Å²) in [7, 11) is 0. The Kier molecular flexibility index (Phi) is 7.82. The van der Waals surface area contributed by atoms with Gasteiger partial charge in [-0.1, -0.05) is 23.7 Å². The topological polar surface area (TPSA) is 113 Å². The molecule has 0 atom stereocenters. The van der Waals surface area contributed by atoms with Gasteiger partial charge in [-0.15, -0.1) is 0 Å². The Bertz CT molecular complexity index is 1700. The van der Waals surface area contributed by atoms with Gasteiger partial charge in [0.15, 0.2) is 5.65 Å². The predicted octanol–water partition coefficient (Wildman–Crippen LogP) is 4.91. The fraction of sp³-hybridized carbons (Fsp3) is 0.345. The number of amides is 1. The van der Waals surface area contributed by atoms with Crippen LogP contribution in [0.3, 0.4) is 0 Å². The summed E-state index contributed by atoms with van der Waals surface area (Å²) in [6.07, 6.45) is -4.58. The minimum atomic E-state index is -4.58. The zero-order valence-electron chi connectivity index (χ0n) is 23.1. The van der Waals surface area contributed by atoms with Crippen LogP contribution in [-0.2, 0) is 23.1 Å². The third kappa shape index (κ3) is 5.87. The van der Waals surface area contributed by atoms with Gasteiger partial charge in [0.05, 0.1) is 21.9 Å². The number of piperazine rings is 1. The highest BCUT2D eigenvalue weighted by Gasteiger charge is 2.31. The summed E-state index contributed by atoms with van der Waals surface area (Å²) < 4.78 is 46.7. The first kappa shape index (κ1) is 29.6. The molecule has 0 radical (unpaired) electrons. The van der Waals surface area contributed by atoms with Crippen LogP contribution in [0.1, 0.15) is 30.7 Å². The van der Waals surface area contributed by atoms with Crippen molar-refractivity contribution in [2.45, 2.75) is 39.1 Å². The fourth-order valence-corrected chi connectivity index (χ4v) is 5.15. The van der Waals surface area contributed by atoms with Crippen LogP contribution in [-0.4, -0.2) is 46.7 Å². The van der Waals surface area contributed by atoms with Crippen LogP contribution in [0.5, 0.6) is 0 Å². The van der Waals surface area contributed by atoms with Gasteiger partial charge >= 0.3 is 6.18 Å². The van der Waals surface area contributed by atoms with Crippen LogP contribution in [0.15, 0.2) is 51.7 Å². The minimum absolute atomic E-state index is 0.0136. The smallest absolute Gasteiger partial charge is 0.416 e. The number of aliphatic hydroxyl groups is 1. The van der Waals surface area contributed by atoms with Crippen molar-refractivity contribution >= 4 is 40.1 Å². The molecular formula is C29H29ClF3N5O4. The van der Waals surface area contributed by atoms with Gasteiger partial charge in [-0.2, -0.15) is 18.2 Å². The highest BCUT2D eigenvalue weighted by atomic mass is 35.5. The molecule has 2 aromatic heterocycles. The Balaban J connectivity index is 1.55. The molecule has 0 bridgehead atoms. The zero-order chi connectivity index (χ0) is 30.4. The van der Waals surface area contributed by atoms with Crippen molar-refractivity contribution in [2.75, 3.05) is 36.4 Å². The summed E-state index contributed by atoms with van der Waals surface area (Å²) in [5, 5.41) is 15.8. The Hall–Kier alpha value is -3.87. The van der Waals surface area contributed by atoms with Crippen molar-refractivity contribution in [2.24, 2.45) is 0 Å². The van der Waals surface area contributed by atoms with E-state index in [0.717, 1.165) is 18.2 Å². The minimum Gasteiger partial charge on any atom is -0.430 e. The molecule has 13 heteroatoms. The van der Waals surface area contributed by atoms with E-state index in [-0.39, 0.29) is 39.8 Å². The summed E-state index contributed by atoms with van der Waals surface area (Å²) >= 11 is 6.05. The number of rotatable bonds is 6. The molecule has 0 unspecified atom stereocenters. The van der Waals surface area contributed by atoms with Crippen molar-refractivity contribution in [3.63, 3.8) is 0 Å². The normalized spacial score (nSPS) is 14.4. The molecule has 1 aliphatic rings. The molecule has 3 heterocycles. The van der Waals surface area contributed by atoms with E-state index in [1.807, 2.05) is 4.90 Å². The van der Waals surface area contributed by atoms with E-state index >= 15 is 0 Å². The van der Waals surface area contributed by atoms with Crippen molar-refractivity contribution in [1.29, 1.82) is 0 Å². The molecule has 0 spiro atoms. The van der Waals surface area contributed by atoms with Gasteiger partial charge < -0.3 is 29.6 Å². The van der Waals surface area contributed by atoms with Crippen molar-refractivity contribution in [3.05, 3.63) is 74.5 Å². The highest BCUT2D eigenvalue weighted by molar-refractivity contribution is 6.33. The Morgan fingerprint density at radius 2 is 1.76 bits per heavy atom. The van der Waals surface area contributed by atoms with Crippen LogP contribution in [0, 0.1) is 6.92 Å². The van der Waals surface area contributed by atoms with Crippen LogP contribution < -0.4 is 21.0 Å². The number of halogens is 4. The largest absolute Gasteiger partial charge is 0.430 e. The third-order valence-electron chi connectivity index (χ3n) is 7.18. The standard InChI is InChI=1S/C29H29ClF3N5O4/c1-16-23(37-12-10-34-11-13-37)24(40)25-26(36-27(42-25)17-4-6-18(7-5-17)28(2,3)41)38(16)15-22(39)35-21-9-8-19(14-20(21)30)29(31,32)33/h4-9,14,34,41H,10-13,15H2,1-3H3,(H,35,39). The summed E-state index contributed by atoms with van der Waals surface area (Å²) in [6, 6.07) is 9.57. The lowest BCUT2D eigenvalue weighted by Gasteiger charge is -2.30. The van der Waals surface area contributed by atoms with Gasteiger partial charge in [0, 0.05) is 37.4 Å². The number of hydrogen-bond donors (Lipinski definition) is 3. The average Bonchev–Trinajstić information content (AvgIpc) is 3.38. The first-order valence-electron chi connectivity index (χ1n) is 13.2. The quantitative estimate of drug-likeness (QED) is 0.287. The van der Waals surface area contributed by atoms with E-state index < -0.39 is 23.2 Å². The molecular weight excluding hydrogens is 575 g/mol. The van der Waals surface area contributed by atoms with Crippen molar-refractivity contribution in [1.82, 2.24) is 14.9 Å². The molecule has 0 aliphatic carbocycles. The summed E-state index contributed by atoms with van der Waals surface area (Å²) in [4.78, 5) is 33.4. The number of pyridine rings is 1. The molecule has 4 aromatic rings. The predicted molar refractivity (Wildman–Crippen MR) is 154 cm³/mol. The van der Waals surface area contributed by atoms with Crippen molar-refractivity contribution < 1.29 is 27.5 Å². The Labute approximate surface area is 243 Å². The number of carbonyl (C=O) groups is 1. The van der Waals surface area contributed by atoms with Gasteiger partial charge in [0.25, 0.3) is 0 Å². The van der Waals surface area contributed by atoms with Crippen LogP contribution >= 0.6 is 11.6 Å². The summed E-state index contributed by atoms with van der Waals surface area (Å²) in [6.45, 7) is 7.18. The SMILES string of the molecule is Cc1c(N2CCNCC2)c(=O)c2oc(-c3ccc(C(C)(C)O)cc3)nc2n1CC(=O)Nc1ccc(C(F)(F)F)cc1Cl. The number of nitrogens with zero attached hydrogens (tertiary/aromatic N) is 3. The molecule has 2 aromatic carbocycles. The van der Waals surface area contributed by atoms with E-state index in [1.54, 1.807) is 49.6 Å². The zero-order valence-corrected chi connectivity index (χ0v) is 23.9. The number of nitrogens with one attached hydrogen (secondary N) is 2. The average molecular weight is 604 g/mol. The number of fused-ring (bicyclic) bond motifs is 1. The van der Waals surface area contributed by atoms with Gasteiger partial charge in [0.2, 0.25) is 22.8 Å². The van der Waals surface area contributed by atoms with Crippen LogP contribution in [0.4, 0.5) is 24.5 Å². The van der Waals surface area contributed by atoms with E-state index in [2.05, 4.69) is 15.6 Å². The van der Waals surface area contributed by atoms with Crippen LogP contribution in [0.25, 0.3) is 22.7 Å². The molecule has 222 valence electrons. The lowest BCUT2D eigenvalue weighted by Crippen LogP contribution is -2.46. The molecule has 42 heavy (non-hydrogen) atoms. The first-order valence-corrected chi connectivity index (χ1v) is 13.6. The number of anilines is 2. The maximum absolute atomic E-state index is 13.7. The number of alkyl halides is 3. The number of carbonyl (C=O) groups excluding carboxylic acids is 1. The molecule has 1 saturated heterocycles. The summed E-state index contributed by atoms with van der Waals surface area (Å²) in [5.74, 6) is -0.434. The van der Waals surface area contributed by atoms with E-state index in [0.29, 0.717) is 48.7 Å². The van der Waals surface area contributed by atoms with E-state index in [9.17, 15) is 27.9 Å². The first-order chi connectivity index (χ1) is 19.7. The molecule has 0 saturated carbocycles. The van der Waals surface area contributed by atoms with E-state index in [4.69, 9.17) is 16.0 Å². The fourth-order valence-electron chi connectivity index (χ4n) is 4.93. The second kappa shape index (κ2) is 11.1. The Morgan fingerprint density at radius 1 is 1.12 bits per heavy atom. The number of aromatic nitrogens is 2. The lowest BCUT2D eigenvalue weighted by atomic mass is 9.97.